The van der Waals surface area contributed by atoms with Crippen LogP contribution >= 0.6 is 11.6 Å². The van der Waals surface area contributed by atoms with E-state index < -0.39 is 10.0 Å². The van der Waals surface area contributed by atoms with E-state index in [1.54, 1.807) is 24.3 Å². The van der Waals surface area contributed by atoms with E-state index in [1.165, 1.54) is 10.6 Å². The highest BCUT2D eigenvalue weighted by Crippen LogP contribution is 2.33. The number of hydrogen-bond donors (Lipinski definition) is 2. The Morgan fingerprint density at radius 2 is 1.85 bits per heavy atom. The van der Waals surface area contributed by atoms with Crippen molar-refractivity contribution in [2.45, 2.75) is 18.8 Å². The SMILES string of the molecule is CS(=O)(=O)N1CCC(c2cc3c(cn2)[nH]c2ccc(NC(=O)c4cccc(Cl)c4)cc23)CC1. The van der Waals surface area contributed by atoms with Crippen LogP contribution in [0.1, 0.15) is 34.8 Å². The number of carbonyl (C=O) groups is 1. The first-order valence-electron chi connectivity index (χ1n) is 10.7. The molecule has 0 spiro atoms. The van der Waals surface area contributed by atoms with Crippen molar-refractivity contribution < 1.29 is 13.2 Å². The number of nitrogens with zero attached hydrogens (tertiary/aromatic N) is 2. The van der Waals surface area contributed by atoms with E-state index in [0.717, 1.165) is 40.3 Å². The first-order valence-corrected chi connectivity index (χ1v) is 12.9. The predicted molar refractivity (Wildman–Crippen MR) is 131 cm³/mol. The molecule has 0 radical (unpaired) electrons. The Balaban J connectivity index is 1.42. The smallest absolute Gasteiger partial charge is 0.255 e. The van der Waals surface area contributed by atoms with Crippen molar-refractivity contribution in [1.82, 2.24) is 14.3 Å². The van der Waals surface area contributed by atoms with E-state index in [4.69, 9.17) is 11.6 Å². The molecule has 2 N–H and O–H groups in total. The number of nitrogens with one attached hydrogen (secondary N) is 2. The summed E-state index contributed by atoms with van der Waals surface area (Å²) in [6, 6.07) is 14.7. The molecule has 2 aromatic heterocycles. The number of carbonyl (C=O) groups excluding carboxylic acids is 1. The molecule has 3 heterocycles. The van der Waals surface area contributed by atoms with Crippen LogP contribution in [-0.2, 0) is 10.0 Å². The van der Waals surface area contributed by atoms with Gasteiger partial charge >= 0.3 is 0 Å². The standard InChI is InChI=1S/C24H23ClN4O3S/c1-33(31,32)29-9-7-15(8-10-29)22-13-20-19-12-18(5-6-21(19)28-23(20)14-26-22)27-24(30)16-3-2-4-17(25)11-16/h2-6,11-15,28H,7-10H2,1H3,(H,27,30). The van der Waals surface area contributed by atoms with Crippen molar-refractivity contribution in [2.24, 2.45) is 0 Å². The summed E-state index contributed by atoms with van der Waals surface area (Å²) >= 11 is 6.01. The average molecular weight is 483 g/mol. The molecule has 0 atom stereocenters. The summed E-state index contributed by atoms with van der Waals surface area (Å²) in [5.41, 5.74) is 4.02. The Morgan fingerprint density at radius 1 is 1.09 bits per heavy atom. The van der Waals surface area contributed by atoms with Gasteiger partial charge in [0.15, 0.2) is 0 Å². The van der Waals surface area contributed by atoms with Crippen LogP contribution in [0.25, 0.3) is 21.8 Å². The fourth-order valence-corrected chi connectivity index (χ4v) is 5.50. The van der Waals surface area contributed by atoms with E-state index in [0.29, 0.717) is 29.4 Å². The molecule has 1 saturated heterocycles. The van der Waals surface area contributed by atoms with Crippen molar-refractivity contribution in [1.29, 1.82) is 0 Å². The first kappa shape index (κ1) is 21.9. The number of sulfonamides is 1. The van der Waals surface area contributed by atoms with Gasteiger partial charge in [0, 0.05) is 57.3 Å². The largest absolute Gasteiger partial charge is 0.353 e. The lowest BCUT2D eigenvalue weighted by Gasteiger charge is -2.29. The molecule has 1 fully saturated rings. The number of aromatic nitrogens is 2. The maximum Gasteiger partial charge on any atom is 0.255 e. The third kappa shape index (κ3) is 4.46. The molecule has 2 aromatic carbocycles. The lowest BCUT2D eigenvalue weighted by molar-refractivity contribution is 0.102. The van der Waals surface area contributed by atoms with Gasteiger partial charge in [0.1, 0.15) is 0 Å². The molecule has 0 aliphatic carbocycles. The van der Waals surface area contributed by atoms with Crippen LogP contribution in [0.2, 0.25) is 5.02 Å². The molecule has 33 heavy (non-hydrogen) atoms. The van der Waals surface area contributed by atoms with Crippen LogP contribution in [-0.4, -0.2) is 47.9 Å². The van der Waals surface area contributed by atoms with Crippen LogP contribution in [0.5, 0.6) is 0 Å². The maximum atomic E-state index is 12.6. The zero-order valence-corrected chi connectivity index (χ0v) is 19.6. The van der Waals surface area contributed by atoms with Crippen molar-refractivity contribution in [3.05, 3.63) is 71.0 Å². The molecule has 0 saturated carbocycles. The molecule has 170 valence electrons. The van der Waals surface area contributed by atoms with Gasteiger partial charge in [-0.2, -0.15) is 0 Å². The number of pyridine rings is 1. The number of hydrogen-bond acceptors (Lipinski definition) is 4. The zero-order chi connectivity index (χ0) is 23.2. The first-order chi connectivity index (χ1) is 15.8. The van der Waals surface area contributed by atoms with E-state index in [9.17, 15) is 13.2 Å². The van der Waals surface area contributed by atoms with Gasteiger partial charge in [0.05, 0.1) is 18.0 Å². The summed E-state index contributed by atoms with van der Waals surface area (Å²) in [6.45, 7) is 1.02. The van der Waals surface area contributed by atoms with Gasteiger partial charge in [-0.1, -0.05) is 17.7 Å². The number of fused-ring (bicyclic) bond motifs is 3. The minimum atomic E-state index is -3.16. The van der Waals surface area contributed by atoms with Crippen LogP contribution in [0, 0.1) is 0 Å². The molecule has 4 aromatic rings. The summed E-state index contributed by atoms with van der Waals surface area (Å²) in [7, 11) is -3.16. The molecule has 0 bridgehead atoms. The fraction of sp³-hybridized carbons (Fsp3) is 0.250. The lowest BCUT2D eigenvalue weighted by Crippen LogP contribution is -2.37. The van der Waals surface area contributed by atoms with Crippen LogP contribution in [0.15, 0.2) is 54.7 Å². The molecule has 7 nitrogen and oxygen atoms in total. The molecule has 0 unspecified atom stereocenters. The number of halogens is 1. The highest BCUT2D eigenvalue weighted by molar-refractivity contribution is 7.88. The molecule has 1 aliphatic heterocycles. The van der Waals surface area contributed by atoms with E-state index in [2.05, 4.69) is 21.4 Å². The molecule has 1 aliphatic rings. The summed E-state index contributed by atoms with van der Waals surface area (Å²) in [4.78, 5) is 20.7. The van der Waals surface area contributed by atoms with Gasteiger partial charge in [-0.05, 0) is 55.3 Å². The second-order valence-corrected chi connectivity index (χ2v) is 10.9. The second-order valence-electron chi connectivity index (χ2n) is 8.44. The van der Waals surface area contributed by atoms with Gasteiger partial charge in [-0.25, -0.2) is 12.7 Å². The minimum absolute atomic E-state index is 0.211. The van der Waals surface area contributed by atoms with Crippen LogP contribution < -0.4 is 5.32 Å². The Bertz CT molecular complexity index is 1470. The number of amides is 1. The Kier molecular flexibility index (Phi) is 5.60. The average Bonchev–Trinajstić information content (AvgIpc) is 3.16. The molecule has 1 amide bonds. The van der Waals surface area contributed by atoms with Crippen molar-refractivity contribution in [3.63, 3.8) is 0 Å². The van der Waals surface area contributed by atoms with Crippen molar-refractivity contribution >= 4 is 55.0 Å². The second kappa shape index (κ2) is 8.44. The minimum Gasteiger partial charge on any atom is -0.353 e. The number of piperidine rings is 1. The molecular formula is C24H23ClN4O3S. The highest BCUT2D eigenvalue weighted by atomic mass is 35.5. The third-order valence-electron chi connectivity index (χ3n) is 6.19. The molecule has 9 heteroatoms. The summed E-state index contributed by atoms with van der Waals surface area (Å²) in [5.74, 6) is -0.0141. The topological polar surface area (TPSA) is 95.2 Å². The zero-order valence-electron chi connectivity index (χ0n) is 18.0. The number of anilines is 1. The Labute approximate surface area is 196 Å². The van der Waals surface area contributed by atoms with E-state index >= 15 is 0 Å². The van der Waals surface area contributed by atoms with Crippen LogP contribution in [0.4, 0.5) is 5.69 Å². The summed E-state index contributed by atoms with van der Waals surface area (Å²) < 4.78 is 25.1. The monoisotopic (exact) mass is 482 g/mol. The molecular weight excluding hydrogens is 460 g/mol. The number of rotatable bonds is 4. The predicted octanol–water partition coefficient (Wildman–Crippen LogP) is 4.76. The lowest BCUT2D eigenvalue weighted by atomic mass is 9.93. The van der Waals surface area contributed by atoms with Gasteiger partial charge in [0.2, 0.25) is 10.0 Å². The summed E-state index contributed by atoms with van der Waals surface area (Å²) in [6.07, 6.45) is 4.58. The normalized spacial score (nSPS) is 15.8. The Hall–Kier alpha value is -2.94. The van der Waals surface area contributed by atoms with Gasteiger partial charge in [-0.15, -0.1) is 0 Å². The van der Waals surface area contributed by atoms with Gasteiger partial charge in [0.25, 0.3) is 5.91 Å². The van der Waals surface area contributed by atoms with Crippen molar-refractivity contribution in [3.8, 4) is 0 Å². The maximum absolute atomic E-state index is 12.6. The number of benzene rings is 2. The highest BCUT2D eigenvalue weighted by Gasteiger charge is 2.26. The number of H-pyrrole nitrogens is 1. The summed E-state index contributed by atoms with van der Waals surface area (Å²) in [5, 5.41) is 5.47. The quantitative estimate of drug-likeness (QED) is 0.438. The Morgan fingerprint density at radius 3 is 2.58 bits per heavy atom. The number of aromatic amines is 1. The van der Waals surface area contributed by atoms with Crippen LogP contribution in [0.3, 0.4) is 0 Å². The molecule has 5 rings (SSSR count). The third-order valence-corrected chi connectivity index (χ3v) is 7.73. The van der Waals surface area contributed by atoms with Crippen molar-refractivity contribution in [2.75, 3.05) is 24.7 Å². The fourth-order valence-electron chi connectivity index (χ4n) is 4.43. The van der Waals surface area contributed by atoms with Gasteiger partial charge < -0.3 is 10.3 Å². The van der Waals surface area contributed by atoms with E-state index in [1.807, 2.05) is 24.4 Å². The van der Waals surface area contributed by atoms with Gasteiger partial charge in [-0.3, -0.25) is 9.78 Å². The van der Waals surface area contributed by atoms with E-state index in [-0.39, 0.29) is 11.8 Å².